The normalized spacial score (nSPS) is 22.0. The lowest BCUT2D eigenvalue weighted by atomic mass is 9.85. The van der Waals surface area contributed by atoms with E-state index in [1.54, 1.807) is 21.7 Å². The Morgan fingerprint density at radius 1 is 1.53 bits per heavy atom. The van der Waals surface area contributed by atoms with Gasteiger partial charge in [0.15, 0.2) is 0 Å². The van der Waals surface area contributed by atoms with Crippen molar-refractivity contribution in [1.82, 2.24) is 9.88 Å². The molecule has 1 saturated carbocycles. The van der Waals surface area contributed by atoms with Crippen LogP contribution in [0.1, 0.15) is 31.4 Å². The Hall–Kier alpha value is -0.360. The van der Waals surface area contributed by atoms with Gasteiger partial charge in [0.05, 0.1) is 17.7 Å². The number of carbonyl (C=O) groups is 1. The topological polar surface area (TPSA) is 59.2 Å². The number of halogens is 2. The summed E-state index contributed by atoms with van der Waals surface area (Å²) in [5.74, 6) is 0.329. The molecule has 2 N–H and O–H groups in total. The van der Waals surface area contributed by atoms with Gasteiger partial charge in [-0.05, 0) is 19.3 Å². The molecule has 7 heteroatoms. The summed E-state index contributed by atoms with van der Waals surface area (Å²) in [5.41, 5.74) is 8.68. The van der Waals surface area contributed by atoms with Crippen molar-refractivity contribution in [2.45, 2.75) is 38.3 Å². The third-order valence-corrected chi connectivity index (χ3v) is 3.96. The molecule has 2 rings (SSSR count). The van der Waals surface area contributed by atoms with E-state index >= 15 is 0 Å². The monoisotopic (exact) mass is 325 g/mol. The first-order valence-corrected chi connectivity index (χ1v) is 6.98. The summed E-state index contributed by atoms with van der Waals surface area (Å²) in [6.45, 7) is 0.605. The summed E-state index contributed by atoms with van der Waals surface area (Å²) in [5, 5.41) is 1.98. The molecule has 0 radical (unpaired) electrons. The smallest absolute Gasteiger partial charge is 0.225 e. The van der Waals surface area contributed by atoms with E-state index < -0.39 is 0 Å². The van der Waals surface area contributed by atoms with E-state index in [9.17, 15) is 4.79 Å². The molecule has 1 aliphatic rings. The lowest BCUT2D eigenvalue weighted by molar-refractivity contribution is -0.136. The maximum absolute atomic E-state index is 12.2. The second-order valence-electron chi connectivity index (χ2n) is 4.80. The Labute approximate surface area is 130 Å². The van der Waals surface area contributed by atoms with E-state index in [-0.39, 0.29) is 42.7 Å². The van der Waals surface area contributed by atoms with Crippen molar-refractivity contribution in [3.8, 4) is 0 Å². The quantitative estimate of drug-likeness (QED) is 0.928. The maximum atomic E-state index is 12.2. The summed E-state index contributed by atoms with van der Waals surface area (Å²) < 4.78 is 0. The lowest BCUT2D eigenvalue weighted by Gasteiger charge is -2.29. The van der Waals surface area contributed by atoms with Crippen molar-refractivity contribution in [2.75, 3.05) is 7.05 Å². The molecule has 1 aromatic heterocycles. The number of hydrogen-bond acceptors (Lipinski definition) is 4. The molecule has 0 bridgehead atoms. The summed E-state index contributed by atoms with van der Waals surface area (Å²) in [4.78, 5) is 18.2. The molecule has 0 spiro atoms. The van der Waals surface area contributed by atoms with Gasteiger partial charge in [0.2, 0.25) is 5.91 Å². The predicted octanol–water partition coefficient (Wildman–Crippen LogP) is 2.46. The molecule has 1 fully saturated rings. The third kappa shape index (κ3) is 5.26. The van der Waals surface area contributed by atoms with Crippen LogP contribution in [0.25, 0.3) is 0 Å². The minimum atomic E-state index is 0. The Bertz CT molecular complexity index is 375. The third-order valence-electron chi connectivity index (χ3n) is 3.32. The fraction of sp³-hybridized carbons (Fsp3) is 0.667. The predicted molar refractivity (Wildman–Crippen MR) is 83.0 cm³/mol. The van der Waals surface area contributed by atoms with Gasteiger partial charge in [0, 0.05) is 24.4 Å². The SMILES string of the molecule is CN(Cc1cscn1)C(=O)C1CCCC(N)C1.Cl.Cl. The van der Waals surface area contributed by atoms with Gasteiger partial charge in [-0.1, -0.05) is 6.42 Å². The van der Waals surface area contributed by atoms with Gasteiger partial charge < -0.3 is 10.6 Å². The molecule has 1 aliphatic carbocycles. The molecule has 0 saturated heterocycles. The molecule has 1 aromatic rings. The van der Waals surface area contributed by atoms with Gasteiger partial charge in [0.1, 0.15) is 0 Å². The first-order chi connectivity index (χ1) is 8.16. The van der Waals surface area contributed by atoms with Crippen LogP contribution in [0.2, 0.25) is 0 Å². The molecule has 0 aliphatic heterocycles. The van der Waals surface area contributed by atoms with Crippen LogP contribution in [-0.4, -0.2) is 28.9 Å². The Balaban J connectivity index is 0.00000162. The average molecular weight is 326 g/mol. The van der Waals surface area contributed by atoms with Gasteiger partial charge >= 0.3 is 0 Å². The van der Waals surface area contributed by atoms with Crippen molar-refractivity contribution < 1.29 is 4.79 Å². The molecular formula is C12H21Cl2N3OS. The maximum Gasteiger partial charge on any atom is 0.225 e. The highest BCUT2D eigenvalue weighted by Gasteiger charge is 2.27. The average Bonchev–Trinajstić information content (AvgIpc) is 2.80. The summed E-state index contributed by atoms with van der Waals surface area (Å²) >= 11 is 1.56. The van der Waals surface area contributed by atoms with Crippen LogP contribution in [0.3, 0.4) is 0 Å². The van der Waals surface area contributed by atoms with Gasteiger partial charge in [-0.25, -0.2) is 4.98 Å². The zero-order valence-electron chi connectivity index (χ0n) is 10.9. The van der Waals surface area contributed by atoms with Crippen LogP contribution in [0.4, 0.5) is 0 Å². The van der Waals surface area contributed by atoms with Gasteiger partial charge in [0.25, 0.3) is 0 Å². The largest absolute Gasteiger partial charge is 0.340 e. The minimum Gasteiger partial charge on any atom is -0.340 e. The highest BCUT2D eigenvalue weighted by Crippen LogP contribution is 2.25. The Morgan fingerprint density at radius 2 is 2.26 bits per heavy atom. The molecular weight excluding hydrogens is 305 g/mol. The number of nitrogens with zero attached hydrogens (tertiary/aromatic N) is 2. The van der Waals surface area contributed by atoms with E-state index in [1.165, 1.54) is 0 Å². The number of amides is 1. The Morgan fingerprint density at radius 3 is 2.84 bits per heavy atom. The molecule has 2 unspecified atom stereocenters. The summed E-state index contributed by atoms with van der Waals surface area (Å²) in [6, 6.07) is 0.199. The van der Waals surface area contributed by atoms with Crippen molar-refractivity contribution in [3.63, 3.8) is 0 Å². The molecule has 110 valence electrons. The second kappa shape index (κ2) is 8.74. The number of nitrogens with two attached hydrogens (primary N) is 1. The summed E-state index contributed by atoms with van der Waals surface area (Å²) in [6.07, 6.45) is 3.94. The van der Waals surface area contributed by atoms with Gasteiger partial charge in [-0.2, -0.15) is 0 Å². The molecule has 0 aromatic carbocycles. The number of thiazole rings is 1. The molecule has 2 atom stereocenters. The van der Waals surface area contributed by atoms with Crippen molar-refractivity contribution in [1.29, 1.82) is 0 Å². The van der Waals surface area contributed by atoms with E-state index in [0.717, 1.165) is 31.4 Å². The number of rotatable bonds is 3. The van der Waals surface area contributed by atoms with Crippen LogP contribution in [0.15, 0.2) is 10.9 Å². The van der Waals surface area contributed by atoms with Crippen molar-refractivity contribution in [3.05, 3.63) is 16.6 Å². The molecule has 4 nitrogen and oxygen atoms in total. The minimum absolute atomic E-state index is 0. The molecule has 19 heavy (non-hydrogen) atoms. The fourth-order valence-corrected chi connectivity index (χ4v) is 2.95. The number of carbonyl (C=O) groups excluding carboxylic acids is 1. The van der Waals surface area contributed by atoms with Gasteiger partial charge in [-0.3, -0.25) is 4.79 Å². The number of aromatic nitrogens is 1. The Kier molecular flexibility index (Phi) is 8.57. The fourth-order valence-electron chi connectivity index (χ4n) is 2.40. The van der Waals surface area contributed by atoms with Crippen LogP contribution < -0.4 is 5.73 Å². The van der Waals surface area contributed by atoms with Crippen LogP contribution >= 0.6 is 36.2 Å². The van der Waals surface area contributed by atoms with Crippen molar-refractivity contribution >= 4 is 42.1 Å². The van der Waals surface area contributed by atoms with E-state index in [4.69, 9.17) is 5.73 Å². The number of hydrogen-bond donors (Lipinski definition) is 1. The first kappa shape index (κ1) is 18.6. The zero-order chi connectivity index (χ0) is 12.3. The standard InChI is InChI=1S/C12H19N3OS.2ClH/c1-15(6-11-7-17-8-14-11)12(16)9-3-2-4-10(13)5-9;;/h7-10H,2-6,13H2,1H3;2*1H. The summed E-state index contributed by atoms with van der Waals surface area (Å²) in [7, 11) is 1.85. The zero-order valence-corrected chi connectivity index (χ0v) is 13.4. The second-order valence-corrected chi connectivity index (χ2v) is 5.52. The van der Waals surface area contributed by atoms with Crippen LogP contribution in [0, 0.1) is 5.92 Å². The first-order valence-electron chi connectivity index (χ1n) is 6.04. The highest BCUT2D eigenvalue weighted by atomic mass is 35.5. The van der Waals surface area contributed by atoms with E-state index in [1.807, 2.05) is 12.4 Å². The molecule has 1 heterocycles. The van der Waals surface area contributed by atoms with Gasteiger partial charge in [-0.15, -0.1) is 36.2 Å². The highest BCUT2D eigenvalue weighted by molar-refractivity contribution is 7.07. The van der Waals surface area contributed by atoms with Crippen molar-refractivity contribution in [2.24, 2.45) is 11.7 Å². The lowest BCUT2D eigenvalue weighted by Crippen LogP contribution is -2.38. The molecule has 1 amide bonds. The van der Waals surface area contributed by atoms with Crippen LogP contribution in [-0.2, 0) is 11.3 Å². The van der Waals surface area contributed by atoms with E-state index in [0.29, 0.717) is 6.54 Å². The van der Waals surface area contributed by atoms with E-state index in [2.05, 4.69) is 4.98 Å². The van der Waals surface area contributed by atoms with Crippen LogP contribution in [0.5, 0.6) is 0 Å².